The second-order valence-corrected chi connectivity index (χ2v) is 10.5. The number of piperazine rings is 1. The summed E-state index contributed by atoms with van der Waals surface area (Å²) in [5.41, 5.74) is 0. The number of hydrogen-bond acceptors (Lipinski definition) is 6. The monoisotopic (exact) mass is 435 g/mol. The van der Waals surface area contributed by atoms with Gasteiger partial charge in [0.2, 0.25) is 15.9 Å². The third-order valence-electron chi connectivity index (χ3n) is 6.44. The number of aromatic nitrogens is 1. The molecule has 0 unspecified atom stereocenters. The van der Waals surface area contributed by atoms with E-state index in [2.05, 4.69) is 14.8 Å². The lowest BCUT2D eigenvalue weighted by molar-refractivity contribution is -0.133. The molecule has 4 heterocycles. The number of anilines is 1. The highest BCUT2D eigenvalue weighted by atomic mass is 32.2. The molecule has 0 atom stereocenters. The topological polar surface area (TPSA) is 77.1 Å². The summed E-state index contributed by atoms with van der Waals surface area (Å²) in [4.78, 5) is 23.6. The fourth-order valence-electron chi connectivity index (χ4n) is 4.54. The number of likely N-dealkylation sites (tertiary alicyclic amines) is 1. The molecule has 4 rings (SSSR count). The zero-order valence-electron chi connectivity index (χ0n) is 17.7. The largest absolute Gasteiger partial charge is 0.354 e. The van der Waals surface area contributed by atoms with Crippen molar-refractivity contribution < 1.29 is 13.2 Å². The van der Waals surface area contributed by atoms with E-state index in [4.69, 9.17) is 0 Å². The van der Waals surface area contributed by atoms with E-state index in [0.29, 0.717) is 19.6 Å². The zero-order valence-corrected chi connectivity index (χ0v) is 18.5. The summed E-state index contributed by atoms with van der Waals surface area (Å²) in [6.45, 7) is 6.70. The van der Waals surface area contributed by atoms with Crippen LogP contribution < -0.4 is 4.90 Å². The number of hydrogen-bond donors (Lipinski definition) is 0. The quantitative estimate of drug-likeness (QED) is 0.696. The molecule has 0 N–H and O–H groups in total. The van der Waals surface area contributed by atoms with Gasteiger partial charge in [0, 0.05) is 58.6 Å². The summed E-state index contributed by atoms with van der Waals surface area (Å²) in [6.07, 6.45) is 7.91. The number of carbonyl (C=O) groups excluding carboxylic acids is 1. The predicted molar refractivity (Wildman–Crippen MR) is 116 cm³/mol. The van der Waals surface area contributed by atoms with Crippen LogP contribution in [0.25, 0.3) is 0 Å². The van der Waals surface area contributed by atoms with Crippen LogP contribution in [-0.4, -0.2) is 92.3 Å². The fraction of sp³-hybridized carbons (Fsp3) is 0.714. The van der Waals surface area contributed by atoms with E-state index in [-0.39, 0.29) is 10.8 Å². The number of pyridine rings is 1. The van der Waals surface area contributed by atoms with E-state index in [1.807, 2.05) is 11.0 Å². The van der Waals surface area contributed by atoms with Crippen molar-refractivity contribution in [3.63, 3.8) is 0 Å². The van der Waals surface area contributed by atoms with Crippen LogP contribution in [-0.2, 0) is 14.8 Å². The molecule has 166 valence electrons. The number of amides is 1. The summed E-state index contributed by atoms with van der Waals surface area (Å²) in [5.74, 6) is 1.04. The molecule has 0 radical (unpaired) electrons. The SMILES string of the molecule is O=C(CN1CCN(c2ccc(S(=O)(=O)N3CCCCC3)cn2)CC1)N1CCCCC1. The highest BCUT2D eigenvalue weighted by Gasteiger charge is 2.27. The minimum Gasteiger partial charge on any atom is -0.354 e. The Morgan fingerprint density at radius 2 is 1.47 bits per heavy atom. The van der Waals surface area contributed by atoms with Gasteiger partial charge in [0.05, 0.1) is 6.54 Å². The summed E-state index contributed by atoms with van der Waals surface area (Å²) in [7, 11) is -3.44. The number of piperidine rings is 2. The third kappa shape index (κ3) is 4.95. The Labute approximate surface area is 179 Å². The van der Waals surface area contributed by atoms with E-state index < -0.39 is 10.0 Å². The maximum atomic E-state index is 12.8. The number of nitrogens with zero attached hydrogens (tertiary/aromatic N) is 5. The predicted octanol–water partition coefficient (Wildman–Crippen LogP) is 1.39. The summed E-state index contributed by atoms with van der Waals surface area (Å²) in [6, 6.07) is 3.49. The normalized spacial score (nSPS) is 22.3. The molecule has 0 spiro atoms. The van der Waals surface area contributed by atoms with Crippen molar-refractivity contribution >= 4 is 21.7 Å². The molecule has 8 nitrogen and oxygen atoms in total. The van der Waals surface area contributed by atoms with E-state index in [1.54, 1.807) is 10.4 Å². The minimum absolute atomic E-state index is 0.244. The van der Waals surface area contributed by atoms with Crippen LogP contribution in [0.3, 0.4) is 0 Å². The smallest absolute Gasteiger partial charge is 0.244 e. The molecular weight excluding hydrogens is 402 g/mol. The summed E-state index contributed by atoms with van der Waals surface area (Å²) >= 11 is 0. The van der Waals surface area contributed by atoms with E-state index in [0.717, 1.165) is 77.2 Å². The highest BCUT2D eigenvalue weighted by Crippen LogP contribution is 2.22. The first-order valence-corrected chi connectivity index (χ1v) is 12.7. The van der Waals surface area contributed by atoms with Gasteiger partial charge in [-0.2, -0.15) is 4.31 Å². The van der Waals surface area contributed by atoms with Crippen molar-refractivity contribution in [1.29, 1.82) is 0 Å². The van der Waals surface area contributed by atoms with Gasteiger partial charge < -0.3 is 9.80 Å². The van der Waals surface area contributed by atoms with Crippen LogP contribution in [0.15, 0.2) is 23.2 Å². The van der Waals surface area contributed by atoms with Crippen molar-refractivity contribution in [2.45, 2.75) is 43.4 Å². The summed E-state index contributed by atoms with van der Waals surface area (Å²) < 4.78 is 27.1. The maximum Gasteiger partial charge on any atom is 0.244 e. The third-order valence-corrected chi connectivity index (χ3v) is 8.32. The maximum absolute atomic E-state index is 12.8. The van der Waals surface area contributed by atoms with E-state index in [9.17, 15) is 13.2 Å². The molecule has 3 aliphatic heterocycles. The lowest BCUT2D eigenvalue weighted by Gasteiger charge is -2.36. The Bertz CT molecular complexity index is 810. The molecule has 1 amide bonds. The molecule has 3 fully saturated rings. The second kappa shape index (κ2) is 9.62. The van der Waals surface area contributed by atoms with Gasteiger partial charge in [-0.25, -0.2) is 13.4 Å². The van der Waals surface area contributed by atoms with Crippen LogP contribution in [0.5, 0.6) is 0 Å². The van der Waals surface area contributed by atoms with Gasteiger partial charge >= 0.3 is 0 Å². The molecule has 0 saturated carbocycles. The molecule has 30 heavy (non-hydrogen) atoms. The lowest BCUT2D eigenvalue weighted by atomic mass is 10.1. The van der Waals surface area contributed by atoms with Crippen LogP contribution >= 0.6 is 0 Å². The molecule has 1 aromatic rings. The van der Waals surface area contributed by atoms with Gasteiger partial charge in [0.15, 0.2) is 0 Å². The molecule has 3 saturated heterocycles. The second-order valence-electron chi connectivity index (χ2n) is 8.52. The molecular formula is C21H33N5O3S. The van der Waals surface area contributed by atoms with Crippen LogP contribution in [0.4, 0.5) is 5.82 Å². The summed E-state index contributed by atoms with van der Waals surface area (Å²) in [5, 5.41) is 0. The van der Waals surface area contributed by atoms with Crippen molar-refractivity contribution in [3.05, 3.63) is 18.3 Å². The minimum atomic E-state index is -3.44. The Hall–Kier alpha value is -1.71. The van der Waals surface area contributed by atoms with Crippen LogP contribution in [0, 0.1) is 0 Å². The number of rotatable bonds is 5. The molecule has 0 aliphatic carbocycles. The van der Waals surface area contributed by atoms with Crippen LogP contribution in [0.2, 0.25) is 0 Å². The van der Waals surface area contributed by atoms with Gasteiger partial charge in [-0.3, -0.25) is 9.69 Å². The van der Waals surface area contributed by atoms with Gasteiger partial charge in [-0.15, -0.1) is 0 Å². The van der Waals surface area contributed by atoms with Crippen molar-refractivity contribution in [1.82, 2.24) is 19.1 Å². The number of sulfonamides is 1. The Morgan fingerprint density at radius 3 is 2.07 bits per heavy atom. The Balaban J connectivity index is 1.30. The first-order chi connectivity index (χ1) is 14.5. The van der Waals surface area contributed by atoms with Crippen molar-refractivity contribution in [2.24, 2.45) is 0 Å². The molecule has 0 aromatic carbocycles. The van der Waals surface area contributed by atoms with Crippen molar-refractivity contribution in [3.8, 4) is 0 Å². The van der Waals surface area contributed by atoms with Gasteiger partial charge in [0.25, 0.3) is 0 Å². The molecule has 3 aliphatic rings. The zero-order chi connectivity index (χ0) is 21.0. The molecule has 1 aromatic heterocycles. The van der Waals surface area contributed by atoms with Gasteiger partial charge in [0.1, 0.15) is 10.7 Å². The fourth-order valence-corrected chi connectivity index (χ4v) is 6.00. The van der Waals surface area contributed by atoms with E-state index in [1.165, 1.54) is 12.6 Å². The van der Waals surface area contributed by atoms with Gasteiger partial charge in [-0.1, -0.05) is 6.42 Å². The first-order valence-electron chi connectivity index (χ1n) is 11.3. The van der Waals surface area contributed by atoms with Gasteiger partial charge in [-0.05, 0) is 44.2 Å². The van der Waals surface area contributed by atoms with E-state index >= 15 is 0 Å². The Morgan fingerprint density at radius 1 is 0.833 bits per heavy atom. The van der Waals surface area contributed by atoms with Crippen LogP contribution in [0.1, 0.15) is 38.5 Å². The standard InChI is InChI=1S/C21H33N5O3S/c27-21(25-9-3-1-4-10-25)18-23-13-15-24(16-14-23)20-8-7-19(17-22-20)30(28,29)26-11-5-2-6-12-26/h7-8,17H,1-6,9-16,18H2. The molecule has 0 bridgehead atoms. The average Bonchev–Trinajstić information content (AvgIpc) is 2.81. The molecule has 9 heteroatoms. The first kappa shape index (κ1) is 21.5. The lowest BCUT2D eigenvalue weighted by Crippen LogP contribution is -2.50. The number of carbonyl (C=O) groups is 1. The Kier molecular flexibility index (Phi) is 6.90. The average molecular weight is 436 g/mol. The highest BCUT2D eigenvalue weighted by molar-refractivity contribution is 7.89. The van der Waals surface area contributed by atoms with Crippen molar-refractivity contribution in [2.75, 3.05) is 63.8 Å².